The molecule has 1 heterocycles. The second-order valence-corrected chi connectivity index (χ2v) is 3.06. The van der Waals surface area contributed by atoms with E-state index >= 15 is 0 Å². The highest BCUT2D eigenvalue weighted by Crippen LogP contribution is 2.04. The van der Waals surface area contributed by atoms with Crippen molar-refractivity contribution in [2.24, 2.45) is 0 Å². The van der Waals surface area contributed by atoms with Crippen molar-refractivity contribution in [3.8, 4) is 0 Å². The normalized spacial score (nSPS) is 27.7. The molecule has 9 heavy (non-hydrogen) atoms. The predicted molar refractivity (Wildman–Crippen MR) is 41.7 cm³/mol. The van der Waals surface area contributed by atoms with E-state index in [1.165, 1.54) is 25.9 Å². The van der Waals surface area contributed by atoms with Crippen LogP contribution in [0.2, 0.25) is 0 Å². The van der Waals surface area contributed by atoms with Gasteiger partial charge in [0.1, 0.15) is 0 Å². The van der Waals surface area contributed by atoms with Crippen molar-refractivity contribution in [2.75, 3.05) is 27.2 Å². The summed E-state index contributed by atoms with van der Waals surface area (Å²) >= 11 is 0. The molecule has 1 rings (SSSR count). The maximum Gasteiger partial charge on any atom is 0.0195 e. The van der Waals surface area contributed by atoms with E-state index in [0.717, 1.165) is 6.04 Å². The van der Waals surface area contributed by atoms with Crippen molar-refractivity contribution in [3.05, 3.63) is 0 Å². The summed E-state index contributed by atoms with van der Waals surface area (Å²) in [6, 6.07) is 0.764. The van der Waals surface area contributed by atoms with Gasteiger partial charge in [0.25, 0.3) is 0 Å². The van der Waals surface area contributed by atoms with Crippen LogP contribution in [-0.2, 0) is 0 Å². The van der Waals surface area contributed by atoms with E-state index in [4.69, 9.17) is 0 Å². The zero-order chi connectivity index (χ0) is 6.69. The largest absolute Gasteiger partial charge is 0.313 e. The molecule has 1 saturated heterocycles. The van der Waals surface area contributed by atoms with Gasteiger partial charge in [-0.15, -0.1) is 0 Å². The van der Waals surface area contributed by atoms with Crippen LogP contribution in [0.4, 0.5) is 0 Å². The minimum Gasteiger partial charge on any atom is -0.313 e. The molecule has 0 aliphatic carbocycles. The summed E-state index contributed by atoms with van der Waals surface area (Å²) < 4.78 is 0. The number of hydrogen-bond acceptors (Lipinski definition) is 2. The molecule has 0 aromatic rings. The average Bonchev–Trinajstić information content (AvgIpc) is 2.15. The van der Waals surface area contributed by atoms with Crippen molar-refractivity contribution in [2.45, 2.75) is 18.9 Å². The summed E-state index contributed by atoms with van der Waals surface area (Å²) in [7, 11) is 4.25. The Hall–Kier alpha value is -0.0800. The molecule has 1 atom stereocenters. The number of nitrogens with zero attached hydrogens (tertiary/aromatic N) is 1. The molecule has 0 amide bonds. The van der Waals surface area contributed by atoms with Crippen LogP contribution in [0.5, 0.6) is 0 Å². The van der Waals surface area contributed by atoms with E-state index in [2.05, 4.69) is 24.3 Å². The van der Waals surface area contributed by atoms with Crippen LogP contribution in [0.3, 0.4) is 0 Å². The summed E-state index contributed by atoms with van der Waals surface area (Å²) in [6.07, 6.45) is 2.72. The molecule has 1 fully saturated rings. The third kappa shape index (κ3) is 2.33. The lowest BCUT2D eigenvalue weighted by Crippen LogP contribution is -2.33. The Morgan fingerprint density at radius 3 is 2.89 bits per heavy atom. The Bertz CT molecular complexity index is 79.7. The summed E-state index contributed by atoms with van der Waals surface area (Å²) in [4.78, 5) is 2.24. The summed E-state index contributed by atoms with van der Waals surface area (Å²) in [5, 5.41) is 3.45. The van der Waals surface area contributed by atoms with Gasteiger partial charge >= 0.3 is 0 Å². The molecule has 0 radical (unpaired) electrons. The van der Waals surface area contributed by atoms with E-state index in [1.54, 1.807) is 0 Å². The van der Waals surface area contributed by atoms with E-state index in [0.29, 0.717) is 0 Å². The van der Waals surface area contributed by atoms with Crippen molar-refractivity contribution >= 4 is 0 Å². The third-order valence-corrected chi connectivity index (χ3v) is 1.75. The number of rotatable bonds is 2. The molecule has 0 aromatic heterocycles. The Kier molecular flexibility index (Phi) is 2.49. The molecule has 0 aromatic carbocycles. The van der Waals surface area contributed by atoms with Gasteiger partial charge < -0.3 is 10.2 Å². The standard InChI is InChI=1S/C7H16N2.H2/c1-9(2)6-7-4-3-5-8-7;/h7-8H,3-6H2,1-2H3;1H. The van der Waals surface area contributed by atoms with E-state index in [-0.39, 0.29) is 1.43 Å². The molecule has 0 bridgehead atoms. The second kappa shape index (κ2) is 3.18. The Morgan fingerprint density at radius 1 is 1.67 bits per heavy atom. The first-order chi connectivity index (χ1) is 4.29. The molecule has 1 unspecified atom stereocenters. The van der Waals surface area contributed by atoms with Gasteiger partial charge in [0, 0.05) is 14.0 Å². The number of likely N-dealkylation sites (N-methyl/N-ethyl adjacent to an activating group) is 1. The first-order valence-electron chi connectivity index (χ1n) is 3.67. The lowest BCUT2D eigenvalue weighted by Gasteiger charge is -2.15. The van der Waals surface area contributed by atoms with Crippen LogP contribution in [-0.4, -0.2) is 38.1 Å². The topological polar surface area (TPSA) is 15.3 Å². The quantitative estimate of drug-likeness (QED) is 0.587. The van der Waals surface area contributed by atoms with Crippen LogP contribution in [0, 0.1) is 0 Å². The highest BCUT2D eigenvalue weighted by atomic mass is 15.1. The highest BCUT2D eigenvalue weighted by molar-refractivity contribution is 4.75. The molecular weight excluding hydrogens is 112 g/mol. The summed E-state index contributed by atoms with van der Waals surface area (Å²) in [6.45, 7) is 2.42. The van der Waals surface area contributed by atoms with E-state index in [9.17, 15) is 0 Å². The number of hydrogen-bond donors (Lipinski definition) is 1. The Labute approximate surface area is 58.7 Å². The van der Waals surface area contributed by atoms with Crippen molar-refractivity contribution in [3.63, 3.8) is 0 Å². The van der Waals surface area contributed by atoms with Crippen LogP contribution >= 0.6 is 0 Å². The molecular formula is C7H18N2. The van der Waals surface area contributed by atoms with Gasteiger partial charge in [0.05, 0.1) is 0 Å². The monoisotopic (exact) mass is 130 g/mol. The lowest BCUT2D eigenvalue weighted by atomic mass is 10.2. The lowest BCUT2D eigenvalue weighted by molar-refractivity contribution is 0.357. The van der Waals surface area contributed by atoms with E-state index in [1.807, 2.05) is 0 Å². The summed E-state index contributed by atoms with van der Waals surface area (Å²) in [5.74, 6) is 0. The molecule has 56 valence electrons. The number of nitrogens with one attached hydrogen (secondary N) is 1. The van der Waals surface area contributed by atoms with Gasteiger partial charge in [-0.3, -0.25) is 0 Å². The van der Waals surface area contributed by atoms with Crippen LogP contribution in [0.15, 0.2) is 0 Å². The van der Waals surface area contributed by atoms with Gasteiger partial charge in [-0.05, 0) is 33.5 Å². The zero-order valence-corrected chi connectivity index (χ0v) is 6.35. The van der Waals surface area contributed by atoms with Crippen molar-refractivity contribution < 1.29 is 1.43 Å². The van der Waals surface area contributed by atoms with Gasteiger partial charge in [-0.1, -0.05) is 0 Å². The first-order valence-corrected chi connectivity index (χ1v) is 3.67. The fourth-order valence-corrected chi connectivity index (χ4v) is 1.35. The fraction of sp³-hybridized carbons (Fsp3) is 1.00. The van der Waals surface area contributed by atoms with Gasteiger partial charge in [-0.25, -0.2) is 0 Å². The van der Waals surface area contributed by atoms with Gasteiger partial charge in [0.15, 0.2) is 0 Å². The maximum absolute atomic E-state index is 3.45. The minimum atomic E-state index is 0. The second-order valence-electron chi connectivity index (χ2n) is 3.06. The molecule has 1 aliphatic heterocycles. The maximum atomic E-state index is 3.45. The minimum absolute atomic E-state index is 0. The molecule has 2 nitrogen and oxygen atoms in total. The molecule has 2 heteroatoms. The van der Waals surface area contributed by atoms with Crippen LogP contribution in [0.1, 0.15) is 14.3 Å². The first kappa shape index (κ1) is 7.03. The summed E-state index contributed by atoms with van der Waals surface area (Å²) in [5.41, 5.74) is 0. The Balaban J connectivity index is 0.000000810. The van der Waals surface area contributed by atoms with E-state index < -0.39 is 0 Å². The SMILES string of the molecule is CN(C)CC1CCCN1.[HH]. The predicted octanol–water partition coefficient (Wildman–Crippen LogP) is 0.546. The van der Waals surface area contributed by atoms with Crippen LogP contribution < -0.4 is 5.32 Å². The van der Waals surface area contributed by atoms with Crippen molar-refractivity contribution in [1.29, 1.82) is 0 Å². The smallest absolute Gasteiger partial charge is 0.0195 e. The van der Waals surface area contributed by atoms with Gasteiger partial charge in [-0.2, -0.15) is 0 Å². The third-order valence-electron chi connectivity index (χ3n) is 1.75. The average molecular weight is 130 g/mol. The van der Waals surface area contributed by atoms with Gasteiger partial charge in [0.2, 0.25) is 0 Å². The zero-order valence-electron chi connectivity index (χ0n) is 6.35. The Morgan fingerprint density at radius 2 is 2.44 bits per heavy atom. The highest BCUT2D eigenvalue weighted by Gasteiger charge is 2.13. The molecule has 1 aliphatic rings. The fourth-order valence-electron chi connectivity index (χ4n) is 1.35. The molecule has 0 spiro atoms. The molecule has 1 N–H and O–H groups in total. The molecule has 0 saturated carbocycles. The van der Waals surface area contributed by atoms with Crippen molar-refractivity contribution in [1.82, 2.24) is 10.2 Å². The van der Waals surface area contributed by atoms with Crippen LogP contribution in [0.25, 0.3) is 0 Å².